The van der Waals surface area contributed by atoms with Crippen molar-refractivity contribution < 1.29 is 21.6 Å². The minimum Gasteiger partial charge on any atom is -0.279 e. The van der Waals surface area contributed by atoms with E-state index in [1.807, 2.05) is 6.07 Å². The van der Waals surface area contributed by atoms with Gasteiger partial charge in [0.1, 0.15) is 10.4 Å². The molecule has 2 aromatic carbocycles. The molecule has 30 heavy (non-hydrogen) atoms. The van der Waals surface area contributed by atoms with E-state index >= 15 is 0 Å². The number of hydrogen-bond acceptors (Lipinski definition) is 7. The average molecular weight is 455 g/mol. The van der Waals surface area contributed by atoms with Crippen LogP contribution in [0.3, 0.4) is 0 Å². The van der Waals surface area contributed by atoms with E-state index in [4.69, 9.17) is 0 Å². The molecule has 1 aliphatic rings. The van der Waals surface area contributed by atoms with Crippen LogP contribution in [0.4, 0.5) is 18.9 Å². The van der Waals surface area contributed by atoms with Gasteiger partial charge in [0.2, 0.25) is 0 Å². The number of halogens is 3. The van der Waals surface area contributed by atoms with Crippen LogP contribution in [0.25, 0.3) is 10.4 Å². The Balaban J connectivity index is 1.56. The van der Waals surface area contributed by atoms with Crippen molar-refractivity contribution in [3.8, 4) is 10.4 Å². The molecule has 7 nitrogen and oxygen atoms in total. The standard InChI is InChI=1S/C18H16F3N5O2S2/c19-18(20,21)13-5-1-3-11(9-13)15-7-8-16(29-15)30(27,28)24-14-6-2-4-12(10-14)17-22-25-26-23-17/h1-10,17,22-26H. The Kier molecular flexibility index (Phi) is 5.53. The van der Waals surface area contributed by atoms with Gasteiger partial charge in [-0.05, 0) is 47.5 Å². The summed E-state index contributed by atoms with van der Waals surface area (Å²) in [5.41, 5.74) is 11.8. The maximum absolute atomic E-state index is 12.9. The predicted molar refractivity (Wildman–Crippen MR) is 107 cm³/mol. The Morgan fingerprint density at radius 2 is 1.67 bits per heavy atom. The van der Waals surface area contributed by atoms with Gasteiger partial charge in [0.05, 0.1) is 5.56 Å². The van der Waals surface area contributed by atoms with Gasteiger partial charge >= 0.3 is 6.18 Å². The first-order valence-electron chi connectivity index (χ1n) is 8.64. The average Bonchev–Trinajstić information content (AvgIpc) is 3.40. The van der Waals surface area contributed by atoms with Crippen molar-refractivity contribution in [2.75, 3.05) is 4.72 Å². The van der Waals surface area contributed by atoms with Crippen molar-refractivity contribution in [2.45, 2.75) is 16.6 Å². The maximum Gasteiger partial charge on any atom is 0.416 e. The minimum atomic E-state index is -4.47. The van der Waals surface area contributed by atoms with E-state index in [9.17, 15) is 21.6 Å². The molecule has 0 bridgehead atoms. The van der Waals surface area contributed by atoms with Crippen LogP contribution in [0.1, 0.15) is 17.3 Å². The second-order valence-corrected chi connectivity index (χ2v) is 9.39. The summed E-state index contributed by atoms with van der Waals surface area (Å²) < 4.78 is 66.9. The molecule has 1 aromatic heterocycles. The van der Waals surface area contributed by atoms with Crippen LogP contribution in [0.15, 0.2) is 64.9 Å². The van der Waals surface area contributed by atoms with Gasteiger partial charge in [-0.2, -0.15) is 24.2 Å². The lowest BCUT2D eigenvalue weighted by Gasteiger charge is -2.12. The normalized spacial score (nSPS) is 15.4. The zero-order valence-electron chi connectivity index (χ0n) is 15.1. The quantitative estimate of drug-likeness (QED) is 0.405. The van der Waals surface area contributed by atoms with Crippen molar-refractivity contribution in [2.24, 2.45) is 0 Å². The number of benzene rings is 2. The van der Waals surface area contributed by atoms with E-state index in [1.165, 1.54) is 24.3 Å². The molecule has 2 heterocycles. The lowest BCUT2D eigenvalue weighted by atomic mass is 10.1. The van der Waals surface area contributed by atoms with Crippen LogP contribution in [0.2, 0.25) is 0 Å². The monoisotopic (exact) mass is 455 g/mol. The fourth-order valence-corrected chi connectivity index (χ4v) is 5.23. The number of alkyl halides is 3. The van der Waals surface area contributed by atoms with E-state index in [1.54, 1.807) is 18.2 Å². The fraction of sp³-hybridized carbons (Fsp3) is 0.111. The third-order valence-electron chi connectivity index (χ3n) is 4.29. The summed E-state index contributed by atoms with van der Waals surface area (Å²) in [4.78, 5) is 0.423. The molecule has 1 aliphatic heterocycles. The van der Waals surface area contributed by atoms with E-state index in [2.05, 4.69) is 26.6 Å². The fourth-order valence-electron chi connectivity index (χ4n) is 2.87. The Bertz CT molecular complexity index is 1160. The zero-order valence-corrected chi connectivity index (χ0v) is 16.8. The number of rotatable bonds is 5. The molecule has 158 valence electrons. The second kappa shape index (κ2) is 7.98. The van der Waals surface area contributed by atoms with Crippen molar-refractivity contribution >= 4 is 27.0 Å². The van der Waals surface area contributed by atoms with Crippen LogP contribution in [-0.2, 0) is 16.2 Å². The number of anilines is 1. The number of thiophene rings is 1. The summed E-state index contributed by atoms with van der Waals surface area (Å²) in [6, 6.07) is 14.4. The topological polar surface area (TPSA) is 94.3 Å². The van der Waals surface area contributed by atoms with Gasteiger partial charge in [-0.25, -0.2) is 19.3 Å². The Labute approximate surface area is 174 Å². The molecule has 3 aromatic rings. The maximum atomic E-state index is 12.9. The molecule has 0 amide bonds. The van der Waals surface area contributed by atoms with Crippen LogP contribution in [0, 0.1) is 0 Å². The first kappa shape index (κ1) is 20.8. The first-order chi connectivity index (χ1) is 14.2. The number of hydrazine groups is 3. The second-order valence-electron chi connectivity index (χ2n) is 6.40. The van der Waals surface area contributed by atoms with Crippen LogP contribution >= 0.6 is 11.3 Å². The van der Waals surface area contributed by atoms with E-state index in [0.29, 0.717) is 16.1 Å². The van der Waals surface area contributed by atoms with Gasteiger partial charge < -0.3 is 0 Å². The van der Waals surface area contributed by atoms with Gasteiger partial charge in [0, 0.05) is 10.6 Å². The first-order valence-corrected chi connectivity index (χ1v) is 10.9. The van der Waals surface area contributed by atoms with E-state index < -0.39 is 21.8 Å². The molecule has 12 heteroatoms. The largest absolute Gasteiger partial charge is 0.416 e. The number of nitrogens with one attached hydrogen (secondary N) is 5. The Hall–Kier alpha value is -2.48. The molecule has 5 N–H and O–H groups in total. The van der Waals surface area contributed by atoms with Crippen molar-refractivity contribution in [1.29, 1.82) is 0 Å². The molecular formula is C18H16F3N5O2S2. The highest BCUT2D eigenvalue weighted by Crippen LogP contribution is 2.36. The summed E-state index contributed by atoms with van der Waals surface area (Å²) >= 11 is 0.899. The highest BCUT2D eigenvalue weighted by atomic mass is 32.2. The number of sulfonamides is 1. The smallest absolute Gasteiger partial charge is 0.279 e. The third-order valence-corrected chi connectivity index (χ3v) is 7.30. The molecular weight excluding hydrogens is 439 g/mol. The van der Waals surface area contributed by atoms with E-state index in [0.717, 1.165) is 29.0 Å². The van der Waals surface area contributed by atoms with Gasteiger partial charge in [-0.15, -0.1) is 11.3 Å². The van der Waals surface area contributed by atoms with Crippen LogP contribution in [0.5, 0.6) is 0 Å². The summed E-state index contributed by atoms with van der Waals surface area (Å²) in [6.07, 6.45) is -4.73. The molecule has 0 aliphatic carbocycles. The lowest BCUT2D eigenvalue weighted by Crippen LogP contribution is -2.33. The minimum absolute atomic E-state index is 0.000708. The molecule has 0 spiro atoms. The Morgan fingerprint density at radius 1 is 0.933 bits per heavy atom. The van der Waals surface area contributed by atoms with E-state index in [-0.39, 0.29) is 10.4 Å². The molecule has 1 fully saturated rings. The summed E-state index contributed by atoms with van der Waals surface area (Å²) in [5, 5.41) is 0. The molecule has 0 atom stereocenters. The van der Waals surface area contributed by atoms with Gasteiger partial charge in [0.25, 0.3) is 10.0 Å². The molecule has 0 radical (unpaired) electrons. The highest BCUT2D eigenvalue weighted by Gasteiger charge is 2.30. The van der Waals surface area contributed by atoms with Crippen molar-refractivity contribution in [3.05, 3.63) is 71.8 Å². The summed E-state index contributed by atoms with van der Waals surface area (Å²) in [5.74, 6) is 0. The molecule has 0 unspecified atom stereocenters. The molecule has 1 saturated heterocycles. The van der Waals surface area contributed by atoms with Gasteiger partial charge in [0.15, 0.2) is 0 Å². The molecule has 0 saturated carbocycles. The predicted octanol–water partition coefficient (Wildman–Crippen LogP) is 3.35. The van der Waals surface area contributed by atoms with Crippen LogP contribution in [-0.4, -0.2) is 8.42 Å². The number of hydrogen-bond donors (Lipinski definition) is 5. The van der Waals surface area contributed by atoms with Crippen molar-refractivity contribution in [1.82, 2.24) is 21.9 Å². The molecule has 4 rings (SSSR count). The summed E-state index contributed by atoms with van der Waals surface area (Å²) in [7, 11) is -3.91. The Morgan fingerprint density at radius 3 is 2.40 bits per heavy atom. The lowest BCUT2D eigenvalue weighted by molar-refractivity contribution is -0.137. The summed E-state index contributed by atoms with van der Waals surface area (Å²) in [6.45, 7) is 0. The van der Waals surface area contributed by atoms with Crippen molar-refractivity contribution in [3.63, 3.8) is 0 Å². The highest BCUT2D eigenvalue weighted by molar-refractivity contribution is 7.94. The SMILES string of the molecule is O=S(=O)(Nc1cccc(C2NNNN2)c1)c1ccc(-c2cccc(C(F)(F)F)c2)s1. The van der Waals surface area contributed by atoms with Gasteiger partial charge in [-0.3, -0.25) is 4.72 Å². The van der Waals surface area contributed by atoms with Crippen LogP contribution < -0.4 is 26.6 Å². The zero-order chi connectivity index (χ0) is 21.4. The van der Waals surface area contributed by atoms with Gasteiger partial charge in [-0.1, -0.05) is 24.3 Å². The third kappa shape index (κ3) is 4.48.